The van der Waals surface area contributed by atoms with Crippen LogP contribution in [0.1, 0.15) is 18.4 Å². The van der Waals surface area contributed by atoms with E-state index in [2.05, 4.69) is 5.32 Å². The maximum absolute atomic E-state index is 11.2. The first kappa shape index (κ1) is 15.6. The van der Waals surface area contributed by atoms with Crippen molar-refractivity contribution in [1.82, 2.24) is 5.32 Å². The molecular weight excluding hydrogens is 292 g/mol. The number of carbonyl (C=O) groups is 2. The normalized spacial score (nSPS) is 14.0. The van der Waals surface area contributed by atoms with Crippen LogP contribution in [-0.4, -0.2) is 30.9 Å². The molecule has 1 fully saturated rings. The van der Waals surface area contributed by atoms with Gasteiger partial charge in [0.05, 0.1) is 13.1 Å². The molecule has 0 spiro atoms. The lowest BCUT2D eigenvalue weighted by Gasteiger charge is -2.25. The number of halogens is 1. The van der Waals surface area contributed by atoms with Crippen LogP contribution in [0.4, 0.5) is 5.69 Å². The van der Waals surface area contributed by atoms with Crippen LogP contribution in [-0.2, 0) is 16.1 Å². The highest BCUT2D eigenvalue weighted by Crippen LogP contribution is 2.29. The molecule has 0 unspecified atom stereocenters. The van der Waals surface area contributed by atoms with Crippen LogP contribution in [0.15, 0.2) is 18.2 Å². The Morgan fingerprint density at radius 2 is 1.86 bits per heavy atom. The van der Waals surface area contributed by atoms with Crippen molar-refractivity contribution in [2.45, 2.75) is 25.4 Å². The molecule has 0 aliphatic heterocycles. The number of primary amides is 2. The quantitative estimate of drug-likeness (QED) is 0.645. The van der Waals surface area contributed by atoms with E-state index in [1.807, 2.05) is 6.07 Å². The van der Waals surface area contributed by atoms with Crippen molar-refractivity contribution in [2.24, 2.45) is 11.5 Å². The third-order valence-electron chi connectivity index (χ3n) is 3.27. The molecule has 114 valence electrons. The molecular formula is C14H19ClN4O2. The molecule has 1 saturated carbocycles. The zero-order chi connectivity index (χ0) is 15.4. The van der Waals surface area contributed by atoms with Gasteiger partial charge in [-0.15, -0.1) is 0 Å². The number of nitrogens with two attached hydrogens (primary N) is 2. The molecule has 0 aromatic heterocycles. The summed E-state index contributed by atoms with van der Waals surface area (Å²) in [6.45, 7) is 0.410. The summed E-state index contributed by atoms with van der Waals surface area (Å²) in [6, 6.07) is 5.88. The van der Waals surface area contributed by atoms with Crippen LogP contribution in [0, 0.1) is 0 Å². The van der Waals surface area contributed by atoms with Crippen LogP contribution >= 0.6 is 11.6 Å². The number of hydrogen-bond donors (Lipinski definition) is 3. The van der Waals surface area contributed by atoms with Crippen LogP contribution < -0.4 is 21.7 Å². The van der Waals surface area contributed by atoms with Crippen LogP contribution in [0.25, 0.3) is 0 Å². The van der Waals surface area contributed by atoms with E-state index in [1.165, 1.54) is 0 Å². The summed E-state index contributed by atoms with van der Waals surface area (Å²) < 4.78 is 0. The predicted octanol–water partition coefficient (Wildman–Crippen LogP) is 0.369. The minimum atomic E-state index is -0.530. The minimum Gasteiger partial charge on any atom is -0.368 e. The molecule has 2 rings (SSSR count). The van der Waals surface area contributed by atoms with Gasteiger partial charge in [0.1, 0.15) is 0 Å². The van der Waals surface area contributed by atoms with Crippen LogP contribution in [0.5, 0.6) is 0 Å². The van der Waals surface area contributed by atoms with E-state index < -0.39 is 11.8 Å². The molecule has 0 radical (unpaired) electrons. The predicted molar refractivity (Wildman–Crippen MR) is 81.9 cm³/mol. The molecule has 1 aliphatic rings. The van der Waals surface area contributed by atoms with E-state index in [1.54, 1.807) is 17.0 Å². The highest BCUT2D eigenvalue weighted by Gasteiger charge is 2.22. The molecule has 1 aliphatic carbocycles. The van der Waals surface area contributed by atoms with E-state index in [9.17, 15) is 9.59 Å². The van der Waals surface area contributed by atoms with E-state index >= 15 is 0 Å². The molecule has 7 heteroatoms. The fourth-order valence-electron chi connectivity index (χ4n) is 2.15. The smallest absolute Gasteiger partial charge is 0.236 e. The SMILES string of the molecule is NC(=O)CN(CC(N)=O)c1cccc(Cl)c1CNC1CC1. The topological polar surface area (TPSA) is 101 Å². The van der Waals surface area contributed by atoms with Crippen molar-refractivity contribution in [1.29, 1.82) is 0 Å². The Hall–Kier alpha value is -1.79. The molecule has 0 bridgehead atoms. The Labute approximate surface area is 128 Å². The second-order valence-corrected chi connectivity index (χ2v) is 5.59. The lowest BCUT2D eigenvalue weighted by Crippen LogP contribution is -2.40. The van der Waals surface area contributed by atoms with Gasteiger partial charge >= 0.3 is 0 Å². The molecule has 0 heterocycles. The Balaban J connectivity index is 2.25. The first-order valence-corrected chi connectivity index (χ1v) is 7.17. The number of hydrogen-bond acceptors (Lipinski definition) is 4. The highest BCUT2D eigenvalue weighted by atomic mass is 35.5. The first-order chi connectivity index (χ1) is 9.97. The van der Waals surface area contributed by atoms with Gasteiger partial charge in [0.15, 0.2) is 0 Å². The van der Waals surface area contributed by atoms with Gasteiger partial charge in [-0.1, -0.05) is 17.7 Å². The van der Waals surface area contributed by atoms with E-state index in [0.29, 0.717) is 23.3 Å². The number of nitrogens with one attached hydrogen (secondary N) is 1. The molecule has 0 atom stereocenters. The summed E-state index contributed by atoms with van der Waals surface area (Å²) in [5.41, 5.74) is 12.0. The van der Waals surface area contributed by atoms with Gasteiger partial charge in [-0.2, -0.15) is 0 Å². The Morgan fingerprint density at radius 1 is 1.24 bits per heavy atom. The van der Waals surface area contributed by atoms with Gasteiger partial charge in [-0.05, 0) is 25.0 Å². The summed E-state index contributed by atoms with van der Waals surface area (Å²) >= 11 is 6.25. The Kier molecular flexibility index (Phi) is 5.03. The number of amides is 2. The zero-order valence-electron chi connectivity index (χ0n) is 11.6. The lowest BCUT2D eigenvalue weighted by atomic mass is 10.1. The molecule has 0 saturated heterocycles. The summed E-state index contributed by atoms with van der Waals surface area (Å²) in [4.78, 5) is 24.0. The summed E-state index contributed by atoms with van der Waals surface area (Å²) in [5.74, 6) is -1.06. The van der Waals surface area contributed by atoms with Gasteiger partial charge in [-0.3, -0.25) is 9.59 Å². The van der Waals surface area contributed by atoms with Gasteiger partial charge < -0.3 is 21.7 Å². The van der Waals surface area contributed by atoms with Crippen LogP contribution in [0.2, 0.25) is 5.02 Å². The summed E-state index contributed by atoms with van der Waals surface area (Å²) in [6.07, 6.45) is 2.32. The lowest BCUT2D eigenvalue weighted by molar-refractivity contribution is -0.117. The molecule has 21 heavy (non-hydrogen) atoms. The maximum atomic E-state index is 11.2. The average molecular weight is 311 g/mol. The number of benzene rings is 1. The average Bonchev–Trinajstić information content (AvgIpc) is 3.19. The zero-order valence-corrected chi connectivity index (χ0v) is 12.4. The van der Waals surface area contributed by atoms with E-state index in [4.69, 9.17) is 23.1 Å². The highest BCUT2D eigenvalue weighted by molar-refractivity contribution is 6.31. The van der Waals surface area contributed by atoms with Crippen molar-refractivity contribution in [2.75, 3.05) is 18.0 Å². The molecule has 5 N–H and O–H groups in total. The molecule has 1 aromatic rings. The fraction of sp³-hybridized carbons (Fsp3) is 0.429. The van der Waals surface area contributed by atoms with Crippen molar-refractivity contribution in [3.8, 4) is 0 Å². The Morgan fingerprint density at radius 3 is 2.38 bits per heavy atom. The number of nitrogens with zero attached hydrogens (tertiary/aromatic N) is 1. The van der Waals surface area contributed by atoms with Gasteiger partial charge in [0.25, 0.3) is 0 Å². The first-order valence-electron chi connectivity index (χ1n) is 6.79. The van der Waals surface area contributed by atoms with Crippen molar-refractivity contribution >= 4 is 29.1 Å². The van der Waals surface area contributed by atoms with Crippen molar-refractivity contribution in [3.63, 3.8) is 0 Å². The summed E-state index contributed by atoms with van der Waals surface area (Å²) in [7, 11) is 0. The Bertz CT molecular complexity index is 530. The second-order valence-electron chi connectivity index (χ2n) is 5.18. The molecule has 1 aromatic carbocycles. The summed E-state index contributed by atoms with van der Waals surface area (Å²) in [5, 5.41) is 3.96. The van der Waals surface area contributed by atoms with Crippen molar-refractivity contribution < 1.29 is 9.59 Å². The third-order valence-corrected chi connectivity index (χ3v) is 3.63. The van der Waals surface area contributed by atoms with Gasteiger partial charge in [0, 0.05) is 28.9 Å². The van der Waals surface area contributed by atoms with Gasteiger partial charge in [0.2, 0.25) is 11.8 Å². The minimum absolute atomic E-state index is 0.0836. The number of anilines is 1. The maximum Gasteiger partial charge on any atom is 0.236 e. The number of rotatable bonds is 8. The fourth-order valence-corrected chi connectivity index (χ4v) is 2.39. The standard InChI is InChI=1S/C14H19ClN4O2/c15-11-2-1-3-12(10(11)6-18-9-4-5-9)19(7-13(16)20)8-14(17)21/h1-3,9,18H,4-8H2,(H2,16,20)(H2,17,21). The monoisotopic (exact) mass is 310 g/mol. The van der Waals surface area contributed by atoms with Crippen LogP contribution in [0.3, 0.4) is 0 Å². The van der Waals surface area contributed by atoms with E-state index in [0.717, 1.165) is 18.4 Å². The van der Waals surface area contributed by atoms with Crippen molar-refractivity contribution in [3.05, 3.63) is 28.8 Å². The molecule has 6 nitrogen and oxygen atoms in total. The largest absolute Gasteiger partial charge is 0.368 e. The van der Waals surface area contributed by atoms with Gasteiger partial charge in [-0.25, -0.2) is 0 Å². The molecule has 2 amide bonds. The second kappa shape index (κ2) is 6.78. The number of carbonyl (C=O) groups excluding carboxylic acids is 2. The third kappa shape index (κ3) is 4.61. The van der Waals surface area contributed by atoms with E-state index in [-0.39, 0.29) is 13.1 Å².